The molecule has 0 saturated carbocycles. The number of amides is 2. The molecule has 7 heteroatoms. The molecule has 0 spiro atoms. The van der Waals surface area contributed by atoms with Gasteiger partial charge >= 0.3 is 0 Å². The Hall–Kier alpha value is -2.80. The van der Waals surface area contributed by atoms with Crippen LogP contribution >= 0.6 is 11.8 Å². The Morgan fingerprint density at radius 3 is 2.62 bits per heavy atom. The molecule has 1 aliphatic heterocycles. The Bertz CT molecular complexity index is 941. The van der Waals surface area contributed by atoms with E-state index in [0.717, 1.165) is 22.6 Å². The lowest BCUT2D eigenvalue weighted by molar-refractivity contribution is -0.128. The van der Waals surface area contributed by atoms with Crippen LogP contribution in [0.3, 0.4) is 0 Å². The summed E-state index contributed by atoms with van der Waals surface area (Å²) in [6, 6.07) is 13.2. The molecule has 1 atom stereocenters. The summed E-state index contributed by atoms with van der Waals surface area (Å²) >= 11 is 1.30. The number of rotatable bonds is 5. The molecule has 6 nitrogen and oxygen atoms in total. The minimum absolute atomic E-state index is 0.130. The van der Waals surface area contributed by atoms with Crippen molar-refractivity contribution in [3.8, 4) is 5.75 Å². The zero-order valence-corrected chi connectivity index (χ0v) is 17.9. The minimum atomic E-state index is -0.527. The van der Waals surface area contributed by atoms with Gasteiger partial charge in [-0.2, -0.15) is 0 Å². The van der Waals surface area contributed by atoms with Gasteiger partial charge in [-0.05, 0) is 56.7 Å². The summed E-state index contributed by atoms with van der Waals surface area (Å²) in [7, 11) is 1.68. The van der Waals surface area contributed by atoms with Crippen molar-refractivity contribution in [2.45, 2.75) is 32.4 Å². The van der Waals surface area contributed by atoms with E-state index in [1.54, 1.807) is 7.05 Å². The first-order valence-corrected chi connectivity index (χ1v) is 10.4. The minimum Gasteiger partial charge on any atom is -0.494 e. The second kappa shape index (κ2) is 9.13. The number of hydrogen-bond acceptors (Lipinski definition) is 5. The molecule has 29 heavy (non-hydrogen) atoms. The van der Waals surface area contributed by atoms with Gasteiger partial charge < -0.3 is 10.1 Å². The molecule has 1 aliphatic rings. The number of ether oxygens (including phenoxy) is 1. The van der Waals surface area contributed by atoms with Crippen LogP contribution in [0.15, 0.2) is 47.5 Å². The molecule has 0 radical (unpaired) electrons. The van der Waals surface area contributed by atoms with Crippen LogP contribution in [0, 0.1) is 13.8 Å². The van der Waals surface area contributed by atoms with Crippen LogP contribution < -0.4 is 10.1 Å². The van der Waals surface area contributed by atoms with E-state index in [9.17, 15) is 9.59 Å². The summed E-state index contributed by atoms with van der Waals surface area (Å²) in [5.41, 5.74) is 3.59. The molecule has 2 aromatic carbocycles. The zero-order chi connectivity index (χ0) is 21.0. The quantitative estimate of drug-likeness (QED) is 0.797. The molecular formula is C22H25N3O3S. The van der Waals surface area contributed by atoms with Crippen molar-refractivity contribution in [3.05, 3.63) is 53.6 Å². The zero-order valence-electron chi connectivity index (χ0n) is 17.1. The highest BCUT2D eigenvalue weighted by Crippen LogP contribution is 2.30. The predicted molar refractivity (Wildman–Crippen MR) is 118 cm³/mol. The molecule has 152 valence electrons. The molecule has 1 fully saturated rings. The molecule has 1 N–H and O–H groups in total. The summed E-state index contributed by atoms with van der Waals surface area (Å²) in [6.45, 7) is 6.48. The molecule has 0 bridgehead atoms. The maximum absolute atomic E-state index is 12.8. The highest BCUT2D eigenvalue weighted by Gasteiger charge is 2.34. The Morgan fingerprint density at radius 1 is 1.24 bits per heavy atom. The number of aliphatic imine (C=N–C) groups is 1. The normalized spacial score (nSPS) is 18.1. The van der Waals surface area contributed by atoms with Gasteiger partial charge in [-0.1, -0.05) is 29.5 Å². The second-order valence-electron chi connectivity index (χ2n) is 6.89. The molecule has 1 heterocycles. The van der Waals surface area contributed by atoms with E-state index in [0.29, 0.717) is 17.5 Å². The molecule has 0 unspecified atom stereocenters. The van der Waals surface area contributed by atoms with Gasteiger partial charge in [0.2, 0.25) is 11.8 Å². The van der Waals surface area contributed by atoms with Crippen molar-refractivity contribution in [1.82, 2.24) is 4.90 Å². The fraction of sp³-hybridized carbons (Fsp3) is 0.318. The predicted octanol–water partition coefficient (Wildman–Crippen LogP) is 4.29. The number of carbonyl (C=O) groups is 2. The van der Waals surface area contributed by atoms with Gasteiger partial charge in [0.1, 0.15) is 11.0 Å². The average molecular weight is 412 g/mol. The van der Waals surface area contributed by atoms with Crippen molar-refractivity contribution in [2.24, 2.45) is 4.99 Å². The first-order chi connectivity index (χ1) is 13.9. The van der Waals surface area contributed by atoms with Crippen molar-refractivity contribution < 1.29 is 14.3 Å². The van der Waals surface area contributed by atoms with Gasteiger partial charge in [-0.15, -0.1) is 0 Å². The molecule has 1 saturated heterocycles. The maximum Gasteiger partial charge on any atom is 0.238 e. The number of hydrogen-bond donors (Lipinski definition) is 1. The highest BCUT2D eigenvalue weighted by atomic mass is 32.2. The van der Waals surface area contributed by atoms with Gasteiger partial charge in [0, 0.05) is 19.2 Å². The van der Waals surface area contributed by atoms with Gasteiger partial charge in [0.15, 0.2) is 5.17 Å². The van der Waals surface area contributed by atoms with Crippen molar-refractivity contribution >= 4 is 40.1 Å². The van der Waals surface area contributed by atoms with Crippen LogP contribution in [-0.2, 0) is 9.59 Å². The standard InChI is InChI=1S/C22H25N3O3S/c1-5-28-17-9-7-16(8-10-17)23-22-25(4)20(26)13-19(29-22)21(27)24-18-11-6-14(2)12-15(18)3/h6-12,19H,5,13H2,1-4H3,(H,24,27)/t19-/m1/s1. The van der Waals surface area contributed by atoms with E-state index in [2.05, 4.69) is 10.3 Å². The van der Waals surface area contributed by atoms with Crippen molar-refractivity contribution in [3.63, 3.8) is 0 Å². The largest absolute Gasteiger partial charge is 0.494 e. The number of anilines is 1. The van der Waals surface area contributed by atoms with E-state index in [-0.39, 0.29) is 18.2 Å². The molecule has 0 aliphatic carbocycles. The molecule has 3 rings (SSSR count). The molecular weight excluding hydrogens is 386 g/mol. The van der Waals surface area contributed by atoms with Crippen LogP contribution in [0.2, 0.25) is 0 Å². The third kappa shape index (κ3) is 5.17. The number of nitrogens with zero attached hydrogens (tertiary/aromatic N) is 2. The molecule has 2 aromatic rings. The fourth-order valence-electron chi connectivity index (χ4n) is 2.96. The lowest BCUT2D eigenvalue weighted by atomic mass is 10.1. The number of thioether (sulfide) groups is 1. The number of aryl methyl sites for hydroxylation is 2. The van der Waals surface area contributed by atoms with Gasteiger partial charge in [-0.25, -0.2) is 4.99 Å². The summed E-state index contributed by atoms with van der Waals surface area (Å²) in [5, 5.41) is 2.93. The summed E-state index contributed by atoms with van der Waals surface area (Å²) in [6.07, 6.45) is 0.139. The summed E-state index contributed by atoms with van der Waals surface area (Å²) in [5.74, 6) is 0.444. The number of carbonyl (C=O) groups excluding carboxylic acids is 2. The van der Waals surface area contributed by atoms with Crippen LogP contribution in [0.1, 0.15) is 24.5 Å². The first kappa shape index (κ1) is 20.9. The Morgan fingerprint density at radius 2 is 1.97 bits per heavy atom. The van der Waals surface area contributed by atoms with Crippen molar-refractivity contribution in [2.75, 3.05) is 19.0 Å². The monoisotopic (exact) mass is 411 g/mol. The Labute approximate surface area is 175 Å². The van der Waals surface area contributed by atoms with Crippen LogP contribution in [-0.4, -0.2) is 40.8 Å². The van der Waals surface area contributed by atoms with Gasteiger partial charge in [0.05, 0.1) is 12.3 Å². The van der Waals surface area contributed by atoms with Gasteiger partial charge in [0.25, 0.3) is 0 Å². The summed E-state index contributed by atoms with van der Waals surface area (Å²) < 4.78 is 5.44. The van der Waals surface area contributed by atoms with Crippen molar-refractivity contribution in [1.29, 1.82) is 0 Å². The lowest BCUT2D eigenvalue weighted by Gasteiger charge is -2.29. The van der Waals surface area contributed by atoms with E-state index in [1.807, 2.05) is 63.2 Å². The van der Waals surface area contributed by atoms with Gasteiger partial charge in [-0.3, -0.25) is 14.5 Å². The lowest BCUT2D eigenvalue weighted by Crippen LogP contribution is -2.43. The fourth-order valence-corrected chi connectivity index (χ4v) is 4.02. The first-order valence-electron chi connectivity index (χ1n) is 9.50. The number of amidine groups is 1. The molecule has 2 amide bonds. The van der Waals surface area contributed by atoms with E-state index in [4.69, 9.17) is 4.74 Å². The SMILES string of the molecule is CCOc1ccc(N=C2S[C@@H](C(=O)Nc3ccc(C)cc3C)CC(=O)N2C)cc1. The Kier molecular flexibility index (Phi) is 6.59. The third-order valence-corrected chi connectivity index (χ3v) is 5.81. The summed E-state index contributed by atoms with van der Waals surface area (Å²) in [4.78, 5) is 31.3. The topological polar surface area (TPSA) is 71.0 Å². The van der Waals surface area contributed by atoms with E-state index >= 15 is 0 Å². The van der Waals surface area contributed by atoms with E-state index < -0.39 is 5.25 Å². The van der Waals surface area contributed by atoms with Crippen LogP contribution in [0.5, 0.6) is 5.75 Å². The third-order valence-electron chi connectivity index (χ3n) is 4.57. The average Bonchev–Trinajstić information content (AvgIpc) is 2.69. The Balaban J connectivity index is 1.76. The number of benzene rings is 2. The number of nitrogens with one attached hydrogen (secondary N) is 1. The van der Waals surface area contributed by atoms with Crippen LogP contribution in [0.4, 0.5) is 11.4 Å². The van der Waals surface area contributed by atoms with E-state index in [1.165, 1.54) is 16.7 Å². The molecule has 0 aromatic heterocycles. The second-order valence-corrected chi connectivity index (χ2v) is 8.06. The van der Waals surface area contributed by atoms with Crippen LogP contribution in [0.25, 0.3) is 0 Å². The smallest absolute Gasteiger partial charge is 0.238 e. The maximum atomic E-state index is 12.8. The highest BCUT2D eigenvalue weighted by molar-refractivity contribution is 8.15.